The first kappa shape index (κ1) is 18.0. The van der Waals surface area contributed by atoms with Crippen molar-refractivity contribution in [2.24, 2.45) is 0 Å². The standard InChI is InChI=1S/C22H22N4O2/c1-14-8-9-20(28-3)18(10-14)25-22-23-12-17(13-24-22)21(27)26-15(2)11-16-6-4-5-7-19(16)26/h4-10,12-13,15H,11H2,1-3H3,(H,23,24,25). The third-order valence-corrected chi connectivity index (χ3v) is 4.93. The highest BCUT2D eigenvalue weighted by atomic mass is 16.5. The van der Waals surface area contributed by atoms with Crippen molar-refractivity contribution in [2.75, 3.05) is 17.3 Å². The number of ether oxygens (including phenoxy) is 1. The number of methoxy groups -OCH3 is 1. The molecule has 1 aliphatic heterocycles. The zero-order chi connectivity index (χ0) is 19.7. The van der Waals surface area contributed by atoms with Gasteiger partial charge in [-0.2, -0.15) is 0 Å². The summed E-state index contributed by atoms with van der Waals surface area (Å²) >= 11 is 0. The summed E-state index contributed by atoms with van der Waals surface area (Å²) in [6.45, 7) is 4.06. The number of aryl methyl sites for hydroxylation is 1. The minimum atomic E-state index is -0.0860. The van der Waals surface area contributed by atoms with E-state index >= 15 is 0 Å². The fourth-order valence-corrected chi connectivity index (χ4v) is 3.56. The van der Waals surface area contributed by atoms with E-state index in [1.807, 2.05) is 48.2 Å². The van der Waals surface area contributed by atoms with E-state index < -0.39 is 0 Å². The highest BCUT2D eigenvalue weighted by molar-refractivity contribution is 6.07. The van der Waals surface area contributed by atoms with Gasteiger partial charge in [-0.15, -0.1) is 0 Å². The maximum Gasteiger partial charge on any atom is 0.261 e. The maximum atomic E-state index is 13.0. The molecule has 1 unspecified atom stereocenters. The number of para-hydroxylation sites is 1. The molecule has 0 aliphatic carbocycles. The summed E-state index contributed by atoms with van der Waals surface area (Å²) in [4.78, 5) is 23.5. The number of rotatable bonds is 4. The minimum absolute atomic E-state index is 0.0860. The van der Waals surface area contributed by atoms with Gasteiger partial charge in [0.2, 0.25) is 5.95 Å². The van der Waals surface area contributed by atoms with Crippen molar-refractivity contribution < 1.29 is 9.53 Å². The Hall–Kier alpha value is -3.41. The van der Waals surface area contributed by atoms with Crippen LogP contribution in [0, 0.1) is 6.92 Å². The molecule has 6 heteroatoms. The van der Waals surface area contributed by atoms with Crippen molar-refractivity contribution in [3.05, 3.63) is 71.5 Å². The average molecular weight is 374 g/mol. The van der Waals surface area contributed by atoms with E-state index in [1.54, 1.807) is 19.5 Å². The van der Waals surface area contributed by atoms with E-state index in [2.05, 4.69) is 28.3 Å². The van der Waals surface area contributed by atoms with Crippen LogP contribution in [0.4, 0.5) is 17.3 Å². The average Bonchev–Trinajstić information content (AvgIpc) is 3.04. The zero-order valence-corrected chi connectivity index (χ0v) is 16.1. The molecule has 1 N–H and O–H groups in total. The van der Waals surface area contributed by atoms with Crippen molar-refractivity contribution in [3.8, 4) is 5.75 Å². The van der Waals surface area contributed by atoms with Gasteiger partial charge in [-0.25, -0.2) is 9.97 Å². The van der Waals surface area contributed by atoms with Crippen LogP contribution in [-0.2, 0) is 6.42 Å². The SMILES string of the molecule is COc1ccc(C)cc1Nc1ncc(C(=O)N2c3ccccc3CC2C)cn1. The monoisotopic (exact) mass is 374 g/mol. The molecule has 0 radical (unpaired) electrons. The molecule has 2 heterocycles. The van der Waals surface area contributed by atoms with Crippen LogP contribution in [0.1, 0.15) is 28.4 Å². The van der Waals surface area contributed by atoms with Gasteiger partial charge in [0.05, 0.1) is 18.4 Å². The third kappa shape index (κ3) is 3.29. The molecular formula is C22H22N4O2. The Balaban J connectivity index is 1.56. The van der Waals surface area contributed by atoms with Crippen molar-refractivity contribution in [1.82, 2.24) is 9.97 Å². The van der Waals surface area contributed by atoms with Gasteiger partial charge >= 0.3 is 0 Å². The summed E-state index contributed by atoms with van der Waals surface area (Å²) in [6.07, 6.45) is 3.98. The minimum Gasteiger partial charge on any atom is -0.495 e. The normalized spacial score (nSPS) is 15.2. The Bertz CT molecular complexity index is 1020. The van der Waals surface area contributed by atoms with Crippen LogP contribution in [0.5, 0.6) is 5.75 Å². The van der Waals surface area contributed by atoms with Crippen LogP contribution in [-0.4, -0.2) is 29.0 Å². The quantitative estimate of drug-likeness (QED) is 0.744. The van der Waals surface area contributed by atoms with Gasteiger partial charge in [-0.05, 0) is 49.6 Å². The number of anilines is 3. The molecule has 1 amide bonds. The van der Waals surface area contributed by atoms with Crippen LogP contribution < -0.4 is 15.0 Å². The Kier molecular flexibility index (Phi) is 4.69. The summed E-state index contributed by atoms with van der Waals surface area (Å²) < 4.78 is 5.37. The van der Waals surface area contributed by atoms with Crippen molar-refractivity contribution in [1.29, 1.82) is 0 Å². The Morgan fingerprint density at radius 2 is 1.93 bits per heavy atom. The van der Waals surface area contributed by atoms with Crippen molar-refractivity contribution >= 4 is 23.2 Å². The molecule has 1 aliphatic rings. The lowest BCUT2D eigenvalue weighted by Gasteiger charge is -2.22. The van der Waals surface area contributed by atoms with Crippen molar-refractivity contribution in [3.63, 3.8) is 0 Å². The van der Waals surface area contributed by atoms with Crippen LogP contribution in [0.15, 0.2) is 54.9 Å². The lowest BCUT2D eigenvalue weighted by atomic mass is 10.1. The molecular weight excluding hydrogens is 352 g/mol. The first-order valence-corrected chi connectivity index (χ1v) is 9.22. The number of aromatic nitrogens is 2. The van der Waals surface area contributed by atoms with Gasteiger partial charge in [0.25, 0.3) is 5.91 Å². The van der Waals surface area contributed by atoms with Crippen LogP contribution in [0.25, 0.3) is 0 Å². The van der Waals surface area contributed by atoms with Gasteiger partial charge in [-0.1, -0.05) is 24.3 Å². The maximum absolute atomic E-state index is 13.0. The molecule has 4 rings (SSSR count). The summed E-state index contributed by atoms with van der Waals surface area (Å²) in [6, 6.07) is 13.9. The van der Waals surface area contributed by atoms with E-state index in [4.69, 9.17) is 4.74 Å². The van der Waals surface area contributed by atoms with E-state index in [0.29, 0.717) is 17.3 Å². The number of amides is 1. The smallest absolute Gasteiger partial charge is 0.261 e. The molecule has 6 nitrogen and oxygen atoms in total. The van der Waals surface area contributed by atoms with E-state index in [0.717, 1.165) is 23.4 Å². The van der Waals surface area contributed by atoms with Gasteiger partial charge in [0.15, 0.2) is 0 Å². The number of hydrogen-bond acceptors (Lipinski definition) is 5. The fraction of sp³-hybridized carbons (Fsp3) is 0.227. The molecule has 0 fully saturated rings. The highest BCUT2D eigenvalue weighted by Crippen LogP contribution is 2.33. The lowest BCUT2D eigenvalue weighted by molar-refractivity contribution is 0.0981. The predicted molar refractivity (Wildman–Crippen MR) is 109 cm³/mol. The van der Waals surface area contributed by atoms with Gasteiger partial charge in [0, 0.05) is 24.1 Å². The Labute approximate surface area is 164 Å². The molecule has 0 saturated carbocycles. The Morgan fingerprint density at radius 3 is 2.68 bits per heavy atom. The molecule has 0 saturated heterocycles. The number of nitrogens with zero attached hydrogens (tertiary/aromatic N) is 3. The second-order valence-corrected chi connectivity index (χ2v) is 6.98. The van der Waals surface area contributed by atoms with Gasteiger partial charge < -0.3 is 15.0 Å². The highest BCUT2D eigenvalue weighted by Gasteiger charge is 2.31. The topological polar surface area (TPSA) is 67.3 Å². The predicted octanol–water partition coefficient (Wildman–Crippen LogP) is 4.13. The zero-order valence-electron chi connectivity index (χ0n) is 16.1. The van der Waals surface area contributed by atoms with Gasteiger partial charge in [0.1, 0.15) is 5.75 Å². The first-order valence-electron chi connectivity index (χ1n) is 9.22. The second-order valence-electron chi connectivity index (χ2n) is 6.98. The molecule has 2 aromatic carbocycles. The molecule has 3 aromatic rings. The number of carbonyl (C=O) groups is 1. The molecule has 0 bridgehead atoms. The van der Waals surface area contributed by atoms with E-state index in [9.17, 15) is 4.79 Å². The molecule has 0 spiro atoms. The van der Waals surface area contributed by atoms with E-state index in [1.165, 1.54) is 5.56 Å². The molecule has 1 atom stereocenters. The number of nitrogens with one attached hydrogen (secondary N) is 1. The summed E-state index contributed by atoms with van der Waals surface area (Å²) in [7, 11) is 1.62. The second kappa shape index (κ2) is 7.31. The Morgan fingerprint density at radius 1 is 1.18 bits per heavy atom. The third-order valence-electron chi connectivity index (χ3n) is 4.93. The first-order chi connectivity index (χ1) is 13.6. The van der Waals surface area contributed by atoms with Crippen LogP contribution >= 0.6 is 0 Å². The molecule has 28 heavy (non-hydrogen) atoms. The largest absolute Gasteiger partial charge is 0.495 e. The number of carbonyl (C=O) groups excluding carboxylic acids is 1. The fourth-order valence-electron chi connectivity index (χ4n) is 3.56. The van der Waals surface area contributed by atoms with Crippen LogP contribution in [0.3, 0.4) is 0 Å². The van der Waals surface area contributed by atoms with E-state index in [-0.39, 0.29) is 11.9 Å². The lowest BCUT2D eigenvalue weighted by Crippen LogP contribution is -2.35. The van der Waals surface area contributed by atoms with Crippen LogP contribution in [0.2, 0.25) is 0 Å². The number of fused-ring (bicyclic) bond motifs is 1. The summed E-state index contributed by atoms with van der Waals surface area (Å²) in [5.74, 6) is 1.03. The molecule has 1 aromatic heterocycles. The molecule has 142 valence electrons. The van der Waals surface area contributed by atoms with Gasteiger partial charge in [-0.3, -0.25) is 4.79 Å². The number of benzene rings is 2. The summed E-state index contributed by atoms with van der Waals surface area (Å²) in [5, 5.41) is 3.15. The van der Waals surface area contributed by atoms with Crippen molar-refractivity contribution in [2.45, 2.75) is 26.3 Å². The summed E-state index contributed by atoms with van der Waals surface area (Å²) in [5.41, 5.74) is 4.49. The number of hydrogen-bond donors (Lipinski definition) is 1.